The molecule has 0 N–H and O–H groups in total. The van der Waals surface area contributed by atoms with E-state index in [0.29, 0.717) is 5.39 Å². The molecule has 0 radical (unpaired) electrons. The van der Waals surface area contributed by atoms with Crippen LogP contribution in [0.1, 0.15) is 52.5 Å². The van der Waals surface area contributed by atoms with Crippen molar-refractivity contribution >= 4 is 45.9 Å². The Hall–Kier alpha value is -1.50. The van der Waals surface area contributed by atoms with Crippen LogP contribution in [0.2, 0.25) is 18.1 Å². The van der Waals surface area contributed by atoms with Crippen LogP contribution in [0.15, 0.2) is 45.9 Å². The van der Waals surface area contributed by atoms with E-state index in [1.165, 1.54) is 0 Å². The molecule has 0 saturated heterocycles. The van der Waals surface area contributed by atoms with Crippen molar-refractivity contribution in [2.24, 2.45) is 0 Å². The fourth-order valence-electron chi connectivity index (χ4n) is 4.25. The van der Waals surface area contributed by atoms with Gasteiger partial charge in [-0.05, 0) is 42.4 Å². The molecule has 0 spiro atoms. The minimum Gasteiger partial charge on any atom is -0.412 e. The Labute approximate surface area is 187 Å². The quantitative estimate of drug-likeness (QED) is 0.301. The molecule has 3 aromatic rings. The fraction of sp³-hybridized carbons (Fsp3) is 0.500. The van der Waals surface area contributed by atoms with E-state index in [4.69, 9.17) is 9.41 Å². The molecule has 0 bridgehead atoms. The van der Waals surface area contributed by atoms with E-state index in [9.17, 15) is 4.79 Å². The molecule has 0 amide bonds. The van der Waals surface area contributed by atoms with Gasteiger partial charge >= 0.3 is 0 Å². The first kappa shape index (κ1) is 21.7. The maximum Gasteiger partial charge on any atom is 0.261 e. The molecule has 4 rings (SSSR count). The maximum absolute atomic E-state index is 13.6. The smallest absolute Gasteiger partial charge is 0.261 e. The van der Waals surface area contributed by atoms with E-state index in [1.54, 1.807) is 6.33 Å². The van der Waals surface area contributed by atoms with Crippen LogP contribution >= 0.6 is 15.9 Å². The highest BCUT2D eigenvalue weighted by Gasteiger charge is 2.41. The maximum atomic E-state index is 13.6. The van der Waals surface area contributed by atoms with E-state index in [2.05, 4.69) is 55.9 Å². The Morgan fingerprint density at radius 3 is 2.47 bits per heavy atom. The third kappa shape index (κ3) is 3.78. The average Bonchev–Trinajstić information content (AvgIpc) is 2.69. The third-order valence-corrected chi connectivity index (χ3v) is 12.2. The Morgan fingerprint density at radius 1 is 1.10 bits per heavy atom. The molecule has 2 atom stereocenters. The van der Waals surface area contributed by atoms with E-state index in [1.807, 2.05) is 28.8 Å². The summed E-state index contributed by atoms with van der Waals surface area (Å²) >= 11 is 3.65. The van der Waals surface area contributed by atoms with Crippen LogP contribution in [0.3, 0.4) is 0 Å². The van der Waals surface area contributed by atoms with Gasteiger partial charge in [0.1, 0.15) is 0 Å². The summed E-state index contributed by atoms with van der Waals surface area (Å²) in [5.41, 5.74) is 0.801. The monoisotopic (exact) mass is 486 g/mol. The molecule has 1 aromatic heterocycles. The van der Waals surface area contributed by atoms with E-state index in [-0.39, 0.29) is 22.7 Å². The van der Waals surface area contributed by atoms with E-state index >= 15 is 0 Å². The van der Waals surface area contributed by atoms with Crippen LogP contribution in [0, 0.1) is 0 Å². The summed E-state index contributed by atoms with van der Waals surface area (Å²) in [4.78, 5) is 18.4. The standard InChI is InChI=1S/C24H31BrN2O2Si/c1-24(2,3)30(4,5)29-21-13-9-8-12-20(21)27-15-26-22-17-11-7-6-10-16(17)19(25)14-18(22)23(27)28/h6-7,10-11,14-15,20-21H,8-9,12-13H2,1-5H3/t20-,21-/m0/s1. The van der Waals surface area contributed by atoms with Gasteiger partial charge < -0.3 is 4.43 Å². The fourth-order valence-corrected chi connectivity index (χ4v) is 6.21. The lowest BCUT2D eigenvalue weighted by Crippen LogP contribution is -2.48. The predicted octanol–water partition coefficient (Wildman–Crippen LogP) is 6.82. The van der Waals surface area contributed by atoms with Gasteiger partial charge in [0.25, 0.3) is 5.56 Å². The molecule has 6 heteroatoms. The molecule has 30 heavy (non-hydrogen) atoms. The number of hydrogen-bond donors (Lipinski definition) is 0. The molecule has 1 aliphatic rings. The normalized spacial score (nSPS) is 20.7. The molecular formula is C24H31BrN2O2Si. The SMILES string of the molecule is CC(C)(C)[Si](C)(C)O[C@H]1CCCC[C@@H]1n1cnc2c(cc(Br)c3ccccc32)c1=O. The molecule has 1 heterocycles. The number of nitrogens with zero attached hydrogens (tertiary/aromatic N) is 2. The van der Waals surface area contributed by atoms with Crippen molar-refractivity contribution < 1.29 is 4.43 Å². The van der Waals surface area contributed by atoms with Gasteiger partial charge in [-0.3, -0.25) is 9.36 Å². The number of rotatable bonds is 3. The van der Waals surface area contributed by atoms with Crippen molar-refractivity contribution in [3.63, 3.8) is 0 Å². The van der Waals surface area contributed by atoms with Gasteiger partial charge in [-0.1, -0.05) is 73.8 Å². The minimum atomic E-state index is -1.93. The number of benzene rings is 2. The highest BCUT2D eigenvalue weighted by atomic mass is 79.9. The van der Waals surface area contributed by atoms with Gasteiger partial charge in [0.05, 0.1) is 29.4 Å². The van der Waals surface area contributed by atoms with Crippen LogP contribution in [-0.4, -0.2) is 24.0 Å². The zero-order chi connectivity index (χ0) is 21.7. The second-order valence-corrected chi connectivity index (χ2v) is 15.6. The first-order chi connectivity index (χ1) is 14.1. The third-order valence-electron chi connectivity index (χ3n) is 7.02. The molecular weight excluding hydrogens is 456 g/mol. The zero-order valence-electron chi connectivity index (χ0n) is 18.5. The van der Waals surface area contributed by atoms with Gasteiger partial charge in [0, 0.05) is 9.86 Å². The summed E-state index contributed by atoms with van der Waals surface area (Å²) in [5, 5.41) is 2.89. The molecule has 160 valence electrons. The second kappa shape index (κ2) is 7.88. The molecule has 2 aromatic carbocycles. The largest absolute Gasteiger partial charge is 0.412 e. The van der Waals surface area contributed by atoms with Gasteiger partial charge in [-0.25, -0.2) is 4.98 Å². The molecule has 0 unspecified atom stereocenters. The van der Waals surface area contributed by atoms with E-state index in [0.717, 1.165) is 46.4 Å². The summed E-state index contributed by atoms with van der Waals surface area (Å²) in [6, 6.07) is 10.1. The Morgan fingerprint density at radius 2 is 1.77 bits per heavy atom. The molecule has 0 aliphatic heterocycles. The van der Waals surface area contributed by atoms with Crippen LogP contribution in [0.5, 0.6) is 0 Å². The van der Waals surface area contributed by atoms with Gasteiger partial charge in [0.2, 0.25) is 0 Å². The first-order valence-electron chi connectivity index (χ1n) is 10.9. The van der Waals surface area contributed by atoms with Crippen LogP contribution in [0.25, 0.3) is 21.7 Å². The van der Waals surface area contributed by atoms with E-state index < -0.39 is 8.32 Å². The summed E-state index contributed by atoms with van der Waals surface area (Å²) in [6.07, 6.45) is 6.06. The molecule has 1 fully saturated rings. The van der Waals surface area contributed by atoms with Crippen molar-refractivity contribution in [1.29, 1.82) is 0 Å². The highest BCUT2D eigenvalue weighted by Crippen LogP contribution is 2.41. The lowest BCUT2D eigenvalue weighted by Gasteiger charge is -2.43. The van der Waals surface area contributed by atoms with Crippen molar-refractivity contribution in [2.45, 2.75) is 76.7 Å². The summed E-state index contributed by atoms with van der Waals surface area (Å²) < 4.78 is 9.59. The van der Waals surface area contributed by atoms with Crippen LogP contribution < -0.4 is 5.56 Å². The lowest BCUT2D eigenvalue weighted by molar-refractivity contribution is 0.0824. The number of halogens is 1. The molecule has 1 aliphatic carbocycles. The van der Waals surface area contributed by atoms with Crippen molar-refractivity contribution in [2.75, 3.05) is 0 Å². The Kier molecular flexibility index (Phi) is 5.70. The van der Waals surface area contributed by atoms with Gasteiger partial charge in [0.15, 0.2) is 8.32 Å². The molecule has 1 saturated carbocycles. The number of hydrogen-bond acceptors (Lipinski definition) is 3. The van der Waals surface area contributed by atoms with Crippen molar-refractivity contribution in [1.82, 2.24) is 9.55 Å². The van der Waals surface area contributed by atoms with Crippen LogP contribution in [0.4, 0.5) is 0 Å². The summed E-state index contributed by atoms with van der Waals surface area (Å²) in [6.45, 7) is 11.4. The van der Waals surface area contributed by atoms with Crippen molar-refractivity contribution in [3.8, 4) is 0 Å². The topological polar surface area (TPSA) is 44.1 Å². The molecule has 4 nitrogen and oxygen atoms in total. The lowest BCUT2D eigenvalue weighted by atomic mass is 9.92. The minimum absolute atomic E-state index is 0.0298. The Balaban J connectivity index is 1.80. The van der Waals surface area contributed by atoms with Crippen molar-refractivity contribution in [3.05, 3.63) is 51.5 Å². The first-order valence-corrected chi connectivity index (χ1v) is 14.6. The van der Waals surface area contributed by atoms with Crippen LogP contribution in [-0.2, 0) is 4.43 Å². The predicted molar refractivity (Wildman–Crippen MR) is 131 cm³/mol. The second-order valence-electron chi connectivity index (χ2n) is 10.0. The number of fused-ring (bicyclic) bond motifs is 3. The summed E-state index contributed by atoms with van der Waals surface area (Å²) in [7, 11) is -1.93. The van der Waals surface area contributed by atoms with Gasteiger partial charge in [-0.2, -0.15) is 0 Å². The Bertz CT molecular complexity index is 1150. The highest BCUT2D eigenvalue weighted by molar-refractivity contribution is 9.10. The van der Waals surface area contributed by atoms with Gasteiger partial charge in [-0.15, -0.1) is 0 Å². The summed E-state index contributed by atoms with van der Waals surface area (Å²) in [5.74, 6) is 0. The number of aromatic nitrogens is 2. The zero-order valence-corrected chi connectivity index (χ0v) is 21.1. The average molecular weight is 488 g/mol.